The number of hydrogen-bond donors (Lipinski definition) is 4. The van der Waals surface area contributed by atoms with Crippen LogP contribution in [0.3, 0.4) is 0 Å². The Hall–Kier alpha value is -4.47. The number of aliphatic hydroxyl groups excluding tert-OH is 3. The number of rotatable bonds is 7. The molecule has 0 radical (unpaired) electrons. The Balaban J connectivity index is 1.54. The Morgan fingerprint density at radius 3 is 2.35 bits per heavy atom. The second-order valence-corrected chi connectivity index (χ2v) is 10.2. The van der Waals surface area contributed by atoms with Gasteiger partial charge < -0.3 is 20.4 Å². The summed E-state index contributed by atoms with van der Waals surface area (Å²) in [5.74, 6) is -0.426. The molecule has 4 N–H and O–H groups in total. The van der Waals surface area contributed by atoms with Crippen LogP contribution in [0.25, 0.3) is 16.7 Å². The van der Waals surface area contributed by atoms with Gasteiger partial charge in [-0.15, -0.1) is 15.0 Å². The monoisotopic (exact) mass is 539 g/mol. The van der Waals surface area contributed by atoms with Gasteiger partial charge in [-0.1, -0.05) is 36.9 Å². The first kappa shape index (κ1) is 27.1. The standard InChI is InChI=1S/C31H33N5O4/c1-18-9-5-6-10-25(18)32-35(4)28-16-21(19(2)37)13-23(30(28)39)15-24-14-22(20(3)38)17-29(31(24)40)36-33-26-11-7-8-12-27(26)34-36/h5-12,14,16-17,19-20,23,37-40H,1,13,15H2,2-4H3/b32-25-. The summed E-state index contributed by atoms with van der Waals surface area (Å²) in [5, 5.41) is 58.9. The van der Waals surface area contributed by atoms with Crippen LogP contribution in [-0.4, -0.2) is 59.3 Å². The van der Waals surface area contributed by atoms with Crippen LogP contribution in [-0.2, 0) is 6.42 Å². The van der Waals surface area contributed by atoms with E-state index in [2.05, 4.69) is 21.9 Å². The Morgan fingerprint density at radius 2 is 1.73 bits per heavy atom. The summed E-state index contributed by atoms with van der Waals surface area (Å²) in [6.45, 7) is 7.35. The predicted molar refractivity (Wildman–Crippen MR) is 155 cm³/mol. The third-order valence-corrected chi connectivity index (χ3v) is 7.23. The molecule has 0 spiro atoms. The van der Waals surface area contributed by atoms with Gasteiger partial charge >= 0.3 is 0 Å². The van der Waals surface area contributed by atoms with Crippen LogP contribution < -0.4 is 0 Å². The molecule has 0 bridgehead atoms. The molecule has 1 aromatic heterocycles. The second-order valence-electron chi connectivity index (χ2n) is 10.2. The summed E-state index contributed by atoms with van der Waals surface area (Å²) in [6.07, 6.45) is 8.25. The third kappa shape index (κ3) is 5.34. The number of hydrogen-bond acceptors (Lipinski definition) is 8. The normalized spacial score (nSPS) is 19.8. The van der Waals surface area contributed by atoms with Gasteiger partial charge in [0.05, 0.1) is 23.6 Å². The van der Waals surface area contributed by atoms with Gasteiger partial charge in [0.25, 0.3) is 0 Å². The van der Waals surface area contributed by atoms with Crippen LogP contribution in [0, 0.1) is 5.92 Å². The number of aromatic nitrogens is 3. The summed E-state index contributed by atoms with van der Waals surface area (Å²) in [4.78, 5) is 1.36. The summed E-state index contributed by atoms with van der Waals surface area (Å²) >= 11 is 0. The highest BCUT2D eigenvalue weighted by atomic mass is 16.3. The van der Waals surface area contributed by atoms with Crippen LogP contribution in [0.4, 0.5) is 0 Å². The molecule has 5 rings (SSSR count). The summed E-state index contributed by atoms with van der Waals surface area (Å²) in [7, 11) is 1.73. The van der Waals surface area contributed by atoms with Crippen molar-refractivity contribution in [2.24, 2.45) is 11.0 Å². The molecule has 0 saturated heterocycles. The lowest BCUT2D eigenvalue weighted by Gasteiger charge is -2.30. The quantitative estimate of drug-likeness (QED) is 0.318. The molecule has 0 saturated carbocycles. The van der Waals surface area contributed by atoms with E-state index < -0.39 is 18.1 Å². The molecule has 3 unspecified atom stereocenters. The highest BCUT2D eigenvalue weighted by Gasteiger charge is 2.29. The first-order valence-electron chi connectivity index (χ1n) is 13.2. The van der Waals surface area contributed by atoms with Gasteiger partial charge in [-0.2, -0.15) is 5.10 Å². The fourth-order valence-electron chi connectivity index (χ4n) is 4.93. The zero-order chi connectivity index (χ0) is 28.6. The van der Waals surface area contributed by atoms with Crippen molar-refractivity contribution in [3.05, 3.63) is 107 Å². The van der Waals surface area contributed by atoms with Gasteiger partial charge in [-0.3, -0.25) is 5.01 Å². The largest absolute Gasteiger partial charge is 0.510 e. The molecule has 2 aliphatic rings. The maximum atomic E-state index is 11.4. The van der Waals surface area contributed by atoms with Crippen molar-refractivity contribution in [1.29, 1.82) is 0 Å². The van der Waals surface area contributed by atoms with Crippen molar-refractivity contribution in [3.63, 3.8) is 0 Å². The molecule has 0 fully saturated rings. The van der Waals surface area contributed by atoms with E-state index in [1.54, 1.807) is 44.1 Å². The zero-order valence-electron chi connectivity index (χ0n) is 22.7. The smallest absolute Gasteiger partial charge is 0.146 e. The lowest BCUT2D eigenvalue weighted by molar-refractivity contribution is 0.199. The van der Waals surface area contributed by atoms with E-state index in [1.165, 1.54) is 4.80 Å². The minimum Gasteiger partial charge on any atom is -0.510 e. The molecule has 9 nitrogen and oxygen atoms in total. The number of benzene rings is 2. The summed E-state index contributed by atoms with van der Waals surface area (Å²) < 4.78 is 0. The van der Waals surface area contributed by atoms with E-state index in [9.17, 15) is 20.4 Å². The van der Waals surface area contributed by atoms with Gasteiger partial charge in [-0.25, -0.2) is 0 Å². The van der Waals surface area contributed by atoms with Gasteiger partial charge in [0.15, 0.2) is 0 Å². The maximum Gasteiger partial charge on any atom is 0.146 e. The van der Waals surface area contributed by atoms with Crippen molar-refractivity contribution in [1.82, 2.24) is 20.0 Å². The Labute approximate surface area is 232 Å². The van der Waals surface area contributed by atoms with Gasteiger partial charge in [0.1, 0.15) is 28.2 Å². The van der Waals surface area contributed by atoms with E-state index in [4.69, 9.17) is 0 Å². The molecule has 3 aromatic rings. The van der Waals surface area contributed by atoms with Crippen LogP contribution in [0.1, 0.15) is 37.5 Å². The van der Waals surface area contributed by atoms with Gasteiger partial charge in [0.2, 0.25) is 0 Å². The molecule has 0 amide bonds. The molecular weight excluding hydrogens is 506 g/mol. The number of nitrogens with zero attached hydrogens (tertiary/aromatic N) is 5. The Kier molecular flexibility index (Phi) is 7.42. The van der Waals surface area contributed by atoms with E-state index >= 15 is 0 Å². The number of aliphatic hydroxyl groups is 3. The van der Waals surface area contributed by atoms with E-state index in [1.807, 2.05) is 48.6 Å². The average Bonchev–Trinajstić information content (AvgIpc) is 3.36. The second kappa shape index (κ2) is 11.0. The fourth-order valence-corrected chi connectivity index (χ4v) is 4.93. The van der Waals surface area contributed by atoms with Crippen molar-refractivity contribution in [3.8, 4) is 11.4 Å². The lowest BCUT2D eigenvalue weighted by Crippen LogP contribution is -2.25. The van der Waals surface area contributed by atoms with Crippen molar-refractivity contribution < 1.29 is 20.4 Å². The predicted octanol–water partition coefficient (Wildman–Crippen LogP) is 4.79. The molecule has 3 atom stereocenters. The SMILES string of the molecule is C=C1C=CC=C/C1=N/N(C)C1=C(O)C(Cc2cc(C(C)O)cc(-n3nc4ccccc4n3)c2O)CC(C(C)O)=C1. The highest BCUT2D eigenvalue weighted by molar-refractivity contribution is 6.10. The number of phenolic OH excluding ortho intramolecular Hbond substituents is 1. The minimum atomic E-state index is -0.810. The molecule has 2 aromatic carbocycles. The Morgan fingerprint density at radius 1 is 1.05 bits per heavy atom. The van der Waals surface area contributed by atoms with Crippen LogP contribution in [0.5, 0.6) is 5.75 Å². The summed E-state index contributed by atoms with van der Waals surface area (Å²) in [5.41, 5.74) is 5.34. The number of fused-ring (bicyclic) bond motifs is 1. The molecular formula is C31H33N5O4. The molecule has 0 aliphatic heterocycles. The lowest BCUT2D eigenvalue weighted by atomic mass is 9.83. The maximum absolute atomic E-state index is 11.4. The van der Waals surface area contributed by atoms with Crippen LogP contribution in [0.15, 0.2) is 101 Å². The molecule has 1 heterocycles. The van der Waals surface area contributed by atoms with Crippen LogP contribution in [0.2, 0.25) is 0 Å². The van der Waals surface area contributed by atoms with Gasteiger partial charge in [-0.05, 0) is 85.4 Å². The zero-order valence-corrected chi connectivity index (χ0v) is 22.7. The molecule has 40 heavy (non-hydrogen) atoms. The minimum absolute atomic E-state index is 0.0452. The molecule has 206 valence electrons. The molecule has 9 heteroatoms. The fraction of sp³-hybridized carbons (Fsp3) is 0.258. The van der Waals surface area contributed by atoms with E-state index in [0.717, 1.165) is 11.1 Å². The first-order chi connectivity index (χ1) is 19.1. The third-order valence-electron chi connectivity index (χ3n) is 7.23. The average molecular weight is 540 g/mol. The number of allylic oxidation sites excluding steroid dienone is 7. The van der Waals surface area contributed by atoms with Crippen LogP contribution >= 0.6 is 0 Å². The first-order valence-corrected chi connectivity index (χ1v) is 13.2. The summed E-state index contributed by atoms with van der Waals surface area (Å²) in [6, 6.07) is 10.8. The van der Waals surface area contributed by atoms with Crippen molar-refractivity contribution >= 4 is 16.7 Å². The van der Waals surface area contributed by atoms with E-state index in [0.29, 0.717) is 45.7 Å². The number of likely N-dealkylation sites (N-methyl/N-ethyl adjacent to an activating group) is 1. The number of hydrazone groups is 1. The van der Waals surface area contributed by atoms with E-state index in [-0.39, 0.29) is 17.9 Å². The topological polar surface area (TPSA) is 127 Å². The van der Waals surface area contributed by atoms with Crippen molar-refractivity contribution in [2.45, 2.75) is 38.9 Å². The number of phenols is 1. The molecule has 2 aliphatic carbocycles. The van der Waals surface area contributed by atoms with Crippen molar-refractivity contribution in [2.75, 3.05) is 7.05 Å². The highest BCUT2D eigenvalue weighted by Crippen LogP contribution is 2.38. The number of aromatic hydroxyl groups is 1. The van der Waals surface area contributed by atoms with Gasteiger partial charge in [0, 0.05) is 13.0 Å². The Bertz CT molecular complexity index is 1590.